The van der Waals surface area contributed by atoms with Gasteiger partial charge in [-0.25, -0.2) is 4.79 Å². The highest BCUT2D eigenvalue weighted by molar-refractivity contribution is 5.92. The van der Waals surface area contributed by atoms with Crippen LogP contribution in [0.15, 0.2) is 18.2 Å². The molecule has 19 heavy (non-hydrogen) atoms. The van der Waals surface area contributed by atoms with Gasteiger partial charge in [-0.15, -0.1) is 0 Å². The highest BCUT2D eigenvalue weighted by atomic mass is 16.5. The van der Waals surface area contributed by atoms with Crippen molar-refractivity contribution in [1.82, 2.24) is 5.32 Å². The van der Waals surface area contributed by atoms with E-state index in [9.17, 15) is 14.7 Å². The molecule has 0 aliphatic carbocycles. The van der Waals surface area contributed by atoms with Gasteiger partial charge in [0.1, 0.15) is 0 Å². The number of benzene rings is 1. The van der Waals surface area contributed by atoms with Crippen LogP contribution < -0.4 is 25.2 Å². The van der Waals surface area contributed by atoms with E-state index >= 15 is 0 Å². The molecule has 0 bridgehead atoms. The molecule has 2 amide bonds. The van der Waals surface area contributed by atoms with Gasteiger partial charge >= 0.3 is 6.03 Å². The summed E-state index contributed by atoms with van der Waals surface area (Å²) in [5, 5.41) is 15.2. The second-order valence-electron chi connectivity index (χ2n) is 3.71. The Bertz CT molecular complexity index is 475. The second-order valence-corrected chi connectivity index (χ2v) is 3.71. The maximum Gasteiger partial charge on any atom is 0.319 e. The quantitative estimate of drug-likeness (QED) is 0.780. The maximum atomic E-state index is 11.5. The van der Waals surface area contributed by atoms with Gasteiger partial charge in [-0.1, -0.05) is 0 Å². The summed E-state index contributed by atoms with van der Waals surface area (Å²) in [6, 6.07) is 3.05. The molecule has 0 heterocycles. The van der Waals surface area contributed by atoms with E-state index < -0.39 is 18.0 Å². The van der Waals surface area contributed by atoms with Gasteiger partial charge in [-0.05, 0) is 19.1 Å². The first-order chi connectivity index (χ1) is 8.97. The second kappa shape index (κ2) is 6.48. The maximum absolute atomic E-state index is 11.5. The smallest absolute Gasteiger partial charge is 0.319 e. The predicted molar refractivity (Wildman–Crippen MR) is 66.2 cm³/mol. The number of carboxylic acids is 1. The van der Waals surface area contributed by atoms with E-state index in [0.717, 1.165) is 0 Å². The number of rotatable bonds is 5. The summed E-state index contributed by atoms with van der Waals surface area (Å²) in [5.74, 6) is -0.382. The van der Waals surface area contributed by atoms with Crippen molar-refractivity contribution < 1.29 is 24.2 Å². The Balaban J connectivity index is 2.72. The molecule has 0 unspecified atom stereocenters. The zero-order valence-electron chi connectivity index (χ0n) is 10.9. The summed E-state index contributed by atoms with van der Waals surface area (Å²) in [6.07, 6.45) is 0. The molecule has 7 heteroatoms. The van der Waals surface area contributed by atoms with Gasteiger partial charge < -0.3 is 30.0 Å². The van der Waals surface area contributed by atoms with Crippen LogP contribution in [-0.2, 0) is 4.79 Å². The van der Waals surface area contributed by atoms with Crippen LogP contribution in [0.3, 0.4) is 0 Å². The topological polar surface area (TPSA) is 99.7 Å². The van der Waals surface area contributed by atoms with Crippen molar-refractivity contribution in [2.24, 2.45) is 0 Å². The highest BCUT2D eigenvalue weighted by Gasteiger charge is 2.10. The Morgan fingerprint density at radius 1 is 1.21 bits per heavy atom. The molecule has 1 aromatic rings. The Morgan fingerprint density at radius 3 is 2.37 bits per heavy atom. The lowest BCUT2D eigenvalue weighted by atomic mass is 10.2. The first-order valence-electron chi connectivity index (χ1n) is 5.48. The van der Waals surface area contributed by atoms with Crippen molar-refractivity contribution in [2.45, 2.75) is 13.0 Å². The molecule has 0 saturated carbocycles. The molecule has 7 nitrogen and oxygen atoms in total. The van der Waals surface area contributed by atoms with E-state index in [1.807, 2.05) is 0 Å². The van der Waals surface area contributed by atoms with Crippen LogP contribution in [0.1, 0.15) is 6.92 Å². The number of carboxylic acid groups (broad SMARTS) is 1. The van der Waals surface area contributed by atoms with E-state index in [4.69, 9.17) is 9.47 Å². The van der Waals surface area contributed by atoms with Gasteiger partial charge in [0, 0.05) is 11.8 Å². The van der Waals surface area contributed by atoms with Gasteiger partial charge in [-0.2, -0.15) is 0 Å². The van der Waals surface area contributed by atoms with E-state index in [2.05, 4.69) is 10.6 Å². The third-order valence-electron chi connectivity index (χ3n) is 2.34. The van der Waals surface area contributed by atoms with Crippen molar-refractivity contribution in [2.75, 3.05) is 19.5 Å². The number of carbonyl (C=O) groups excluding carboxylic acids is 2. The lowest BCUT2D eigenvalue weighted by Crippen LogP contribution is -2.47. The number of hydrogen-bond donors (Lipinski definition) is 2. The van der Waals surface area contributed by atoms with Crippen LogP contribution in [0.2, 0.25) is 0 Å². The lowest BCUT2D eigenvalue weighted by Gasteiger charge is -2.16. The number of anilines is 1. The fourth-order valence-electron chi connectivity index (χ4n) is 1.34. The number of nitrogens with one attached hydrogen (secondary N) is 2. The molecule has 0 aliphatic rings. The van der Waals surface area contributed by atoms with Crippen LogP contribution in [0.4, 0.5) is 10.5 Å². The molecule has 1 atom stereocenters. The normalized spacial score (nSPS) is 11.3. The van der Waals surface area contributed by atoms with Crippen molar-refractivity contribution >= 4 is 17.7 Å². The van der Waals surface area contributed by atoms with E-state index in [1.54, 1.807) is 18.2 Å². The Morgan fingerprint density at radius 2 is 1.84 bits per heavy atom. The minimum absolute atomic E-state index is 0.445. The molecular weight excluding hydrogens is 252 g/mol. The van der Waals surface area contributed by atoms with Crippen molar-refractivity contribution in [3.8, 4) is 11.5 Å². The van der Waals surface area contributed by atoms with Gasteiger partial charge in [0.2, 0.25) is 0 Å². The fourth-order valence-corrected chi connectivity index (χ4v) is 1.34. The number of urea groups is 1. The van der Waals surface area contributed by atoms with E-state index in [1.165, 1.54) is 21.1 Å². The average Bonchev–Trinajstić information content (AvgIpc) is 2.38. The molecule has 0 fully saturated rings. The monoisotopic (exact) mass is 267 g/mol. The Labute approximate surface area is 110 Å². The van der Waals surface area contributed by atoms with Crippen molar-refractivity contribution in [3.63, 3.8) is 0 Å². The van der Waals surface area contributed by atoms with Crippen molar-refractivity contribution in [3.05, 3.63) is 18.2 Å². The van der Waals surface area contributed by atoms with Gasteiger partial charge in [0.25, 0.3) is 0 Å². The minimum Gasteiger partial charge on any atom is -0.548 e. The third kappa shape index (κ3) is 4.06. The number of methoxy groups -OCH3 is 2. The van der Waals surface area contributed by atoms with Crippen LogP contribution in [-0.4, -0.2) is 32.3 Å². The number of hydrogen-bond acceptors (Lipinski definition) is 5. The zero-order valence-corrected chi connectivity index (χ0v) is 10.9. The minimum atomic E-state index is -1.36. The SMILES string of the molecule is COc1ccc(NC(=O)N[C@@H](C)C(=O)[O-])cc1OC. The Kier molecular flexibility index (Phi) is 4.99. The van der Waals surface area contributed by atoms with E-state index in [0.29, 0.717) is 17.2 Å². The number of carbonyl (C=O) groups is 2. The summed E-state index contributed by atoms with van der Waals surface area (Å²) in [5.41, 5.74) is 0.445. The number of ether oxygens (including phenoxy) is 2. The first kappa shape index (κ1) is 14.6. The molecule has 0 aromatic heterocycles. The summed E-state index contributed by atoms with van der Waals surface area (Å²) in [4.78, 5) is 22.0. The molecule has 1 aromatic carbocycles. The molecule has 0 radical (unpaired) electrons. The average molecular weight is 267 g/mol. The van der Waals surface area contributed by atoms with Crippen molar-refractivity contribution in [1.29, 1.82) is 0 Å². The fraction of sp³-hybridized carbons (Fsp3) is 0.333. The van der Waals surface area contributed by atoms with Crippen LogP contribution in [0.25, 0.3) is 0 Å². The zero-order chi connectivity index (χ0) is 14.4. The van der Waals surface area contributed by atoms with Gasteiger partial charge in [0.15, 0.2) is 11.5 Å². The van der Waals surface area contributed by atoms with E-state index in [-0.39, 0.29) is 0 Å². The number of aliphatic carboxylic acids is 1. The molecule has 2 N–H and O–H groups in total. The predicted octanol–water partition coefficient (Wildman–Crippen LogP) is -0.0363. The van der Waals surface area contributed by atoms with Gasteiger partial charge in [0.05, 0.1) is 26.2 Å². The molecule has 1 rings (SSSR count). The third-order valence-corrected chi connectivity index (χ3v) is 2.34. The summed E-state index contributed by atoms with van der Waals surface area (Å²) in [7, 11) is 2.97. The largest absolute Gasteiger partial charge is 0.548 e. The number of amides is 2. The molecule has 104 valence electrons. The summed E-state index contributed by atoms with van der Waals surface area (Å²) >= 11 is 0. The van der Waals surface area contributed by atoms with Crippen LogP contribution in [0, 0.1) is 0 Å². The van der Waals surface area contributed by atoms with Gasteiger partial charge in [-0.3, -0.25) is 0 Å². The Hall–Kier alpha value is -2.44. The molecule has 0 aliphatic heterocycles. The summed E-state index contributed by atoms with van der Waals surface area (Å²) < 4.78 is 10.1. The summed E-state index contributed by atoms with van der Waals surface area (Å²) in [6.45, 7) is 1.31. The molecule has 0 saturated heterocycles. The first-order valence-corrected chi connectivity index (χ1v) is 5.48. The molecule has 0 spiro atoms. The molecular formula is C12H15N2O5-. The standard InChI is InChI=1S/C12H16N2O5/c1-7(11(15)16)13-12(17)14-8-4-5-9(18-2)10(6-8)19-3/h4-7H,1-3H3,(H,15,16)(H2,13,14,17)/p-1/t7-/m0/s1. The highest BCUT2D eigenvalue weighted by Crippen LogP contribution is 2.29. The van der Waals surface area contributed by atoms with Crippen LogP contribution in [0.5, 0.6) is 11.5 Å². The lowest BCUT2D eigenvalue weighted by molar-refractivity contribution is -0.307. The van der Waals surface area contributed by atoms with Crippen LogP contribution >= 0.6 is 0 Å².